The molecule has 3 aromatic rings. The Morgan fingerprint density at radius 1 is 1.03 bits per heavy atom. The first kappa shape index (κ1) is 26.1. The van der Waals surface area contributed by atoms with E-state index in [0.29, 0.717) is 28.1 Å². The summed E-state index contributed by atoms with van der Waals surface area (Å²) >= 11 is 0. The minimum atomic E-state index is -4.02. The summed E-state index contributed by atoms with van der Waals surface area (Å²) in [6.45, 7) is 1.31. The third kappa shape index (κ3) is 5.24. The Labute approximate surface area is 224 Å². The Bertz CT molecular complexity index is 1450. The summed E-state index contributed by atoms with van der Waals surface area (Å²) in [5, 5.41) is 22.5. The first-order valence-corrected chi connectivity index (χ1v) is 14.7. The van der Waals surface area contributed by atoms with E-state index in [4.69, 9.17) is 9.56 Å². The summed E-state index contributed by atoms with van der Waals surface area (Å²) in [6, 6.07) is 5.39. The van der Waals surface area contributed by atoms with Crippen LogP contribution >= 0.6 is 0 Å². The summed E-state index contributed by atoms with van der Waals surface area (Å²) < 4.78 is 58.7. The molecule has 1 unspecified atom stereocenters. The summed E-state index contributed by atoms with van der Waals surface area (Å²) in [6.07, 6.45) is 7.29. The summed E-state index contributed by atoms with van der Waals surface area (Å²) in [5.74, 6) is -2.31. The summed E-state index contributed by atoms with van der Waals surface area (Å²) in [7, 11) is -4.02. The number of halogens is 2. The minimum Gasteiger partial charge on any atom is -0.422 e. The van der Waals surface area contributed by atoms with Crippen LogP contribution < -0.4 is 14.9 Å². The predicted octanol–water partition coefficient (Wildman–Crippen LogP) is 2.86. The number of anilines is 2. The number of aromatic nitrogens is 4. The standard InChI is InChI=1S/C25H31F2N7O4S/c26-25(27)7-11-33(12-8-25)23-29-14-21(38-23)18-15-34(31-30-18)19-2-1-17(22(16-35)39(28,36)37)13-20(19)32-9-5-24(3-4-24)6-10-32/h1-2,13-15,22,35H,3-12,16H2,(H2,28,36,37). The SMILES string of the molecule is NS(=O)(=O)C(CO)c1ccc(-n2cc(-c3cnc(N4CCC(F)(F)CC4)o3)nn2)c(N2CCC3(CC2)CC3)c1. The molecular weight excluding hydrogens is 532 g/mol. The highest BCUT2D eigenvalue weighted by Gasteiger charge is 2.44. The number of hydrogen-bond donors (Lipinski definition) is 2. The van der Waals surface area contributed by atoms with E-state index in [1.807, 2.05) is 0 Å². The zero-order valence-electron chi connectivity index (χ0n) is 21.3. The molecular formula is C25H31F2N7O4S. The highest BCUT2D eigenvalue weighted by molar-refractivity contribution is 7.89. The van der Waals surface area contributed by atoms with Gasteiger partial charge in [-0.05, 0) is 48.8 Å². The number of oxazole rings is 1. The fourth-order valence-corrected chi connectivity index (χ4v) is 6.27. The van der Waals surface area contributed by atoms with Gasteiger partial charge in [0.2, 0.25) is 10.0 Å². The third-order valence-electron chi connectivity index (χ3n) is 8.31. The van der Waals surface area contributed by atoms with Gasteiger partial charge in [0.25, 0.3) is 11.9 Å². The zero-order chi connectivity index (χ0) is 27.4. The zero-order valence-corrected chi connectivity index (χ0v) is 22.2. The first-order chi connectivity index (χ1) is 18.6. The Morgan fingerprint density at radius 2 is 1.72 bits per heavy atom. The molecule has 39 heavy (non-hydrogen) atoms. The lowest BCUT2D eigenvalue weighted by Gasteiger charge is -2.35. The third-order valence-corrected chi connectivity index (χ3v) is 9.52. The largest absolute Gasteiger partial charge is 0.422 e. The van der Waals surface area contributed by atoms with E-state index in [9.17, 15) is 22.3 Å². The van der Waals surface area contributed by atoms with Crippen molar-refractivity contribution in [3.63, 3.8) is 0 Å². The minimum absolute atomic E-state index is 0.153. The van der Waals surface area contributed by atoms with Crippen LogP contribution in [0.25, 0.3) is 17.1 Å². The Morgan fingerprint density at radius 3 is 2.36 bits per heavy atom. The predicted molar refractivity (Wildman–Crippen MR) is 139 cm³/mol. The molecule has 1 aromatic carbocycles. The molecule has 11 nitrogen and oxygen atoms in total. The maximum absolute atomic E-state index is 13.5. The summed E-state index contributed by atoms with van der Waals surface area (Å²) in [4.78, 5) is 8.15. The lowest BCUT2D eigenvalue weighted by atomic mass is 9.93. The molecule has 0 radical (unpaired) electrons. The number of hydrogen-bond acceptors (Lipinski definition) is 9. The van der Waals surface area contributed by atoms with Crippen LogP contribution in [-0.4, -0.2) is 72.2 Å². The van der Waals surface area contributed by atoms with Gasteiger partial charge >= 0.3 is 0 Å². The molecule has 1 spiro atoms. The van der Waals surface area contributed by atoms with Gasteiger partial charge in [0, 0.05) is 39.0 Å². The summed E-state index contributed by atoms with van der Waals surface area (Å²) in [5.41, 5.74) is 2.72. The van der Waals surface area contributed by atoms with Crippen LogP contribution in [0.1, 0.15) is 49.3 Å². The van der Waals surface area contributed by atoms with E-state index in [2.05, 4.69) is 20.2 Å². The van der Waals surface area contributed by atoms with Crippen molar-refractivity contribution in [3.05, 3.63) is 36.2 Å². The molecule has 4 heterocycles. The molecule has 3 fully saturated rings. The average molecular weight is 564 g/mol. The van der Waals surface area contributed by atoms with Crippen molar-refractivity contribution in [2.24, 2.45) is 10.6 Å². The van der Waals surface area contributed by atoms with Crippen molar-refractivity contribution >= 4 is 21.7 Å². The number of aliphatic hydroxyl groups excluding tert-OH is 1. The van der Waals surface area contributed by atoms with Crippen LogP contribution in [0.15, 0.2) is 35.0 Å². The highest BCUT2D eigenvalue weighted by atomic mass is 32.2. The molecule has 1 saturated carbocycles. The molecule has 14 heteroatoms. The fraction of sp³-hybridized carbons (Fsp3) is 0.560. The lowest BCUT2D eigenvalue weighted by Crippen LogP contribution is -2.39. The van der Waals surface area contributed by atoms with Crippen molar-refractivity contribution in [2.75, 3.05) is 42.6 Å². The van der Waals surface area contributed by atoms with Crippen molar-refractivity contribution in [1.82, 2.24) is 20.0 Å². The van der Waals surface area contributed by atoms with Crippen LogP contribution in [0, 0.1) is 5.41 Å². The van der Waals surface area contributed by atoms with E-state index in [0.717, 1.165) is 31.6 Å². The number of alkyl halides is 2. The van der Waals surface area contributed by atoms with Crippen molar-refractivity contribution < 1.29 is 26.7 Å². The molecule has 2 aromatic heterocycles. The van der Waals surface area contributed by atoms with E-state index >= 15 is 0 Å². The molecule has 210 valence electrons. The van der Waals surface area contributed by atoms with E-state index < -0.39 is 27.8 Å². The van der Waals surface area contributed by atoms with Crippen LogP contribution in [0.2, 0.25) is 0 Å². The number of piperidine rings is 2. The molecule has 1 aliphatic carbocycles. The van der Waals surface area contributed by atoms with E-state index in [1.54, 1.807) is 34.0 Å². The topological polar surface area (TPSA) is 144 Å². The second kappa shape index (κ2) is 9.52. The van der Waals surface area contributed by atoms with Gasteiger partial charge in [-0.3, -0.25) is 0 Å². The molecule has 1 atom stereocenters. The molecule has 2 saturated heterocycles. The number of nitrogens with two attached hydrogens (primary N) is 1. The molecule has 3 N–H and O–H groups in total. The second-order valence-electron chi connectivity index (χ2n) is 10.9. The quantitative estimate of drug-likeness (QED) is 0.443. The molecule has 2 aliphatic heterocycles. The van der Waals surface area contributed by atoms with E-state index in [-0.39, 0.29) is 31.9 Å². The highest BCUT2D eigenvalue weighted by Crippen LogP contribution is 2.54. The van der Waals surface area contributed by atoms with Gasteiger partial charge < -0.3 is 19.3 Å². The van der Waals surface area contributed by atoms with Crippen LogP contribution in [0.3, 0.4) is 0 Å². The van der Waals surface area contributed by atoms with Gasteiger partial charge in [-0.25, -0.2) is 32.0 Å². The van der Waals surface area contributed by atoms with Crippen molar-refractivity contribution in [1.29, 1.82) is 0 Å². The first-order valence-electron chi connectivity index (χ1n) is 13.1. The van der Waals surface area contributed by atoms with Crippen LogP contribution in [0.5, 0.6) is 0 Å². The van der Waals surface area contributed by atoms with Crippen LogP contribution in [0.4, 0.5) is 20.5 Å². The Balaban J connectivity index is 1.29. The molecule has 3 aliphatic rings. The van der Waals surface area contributed by atoms with Gasteiger partial charge in [-0.2, -0.15) is 0 Å². The number of nitrogens with zero attached hydrogens (tertiary/aromatic N) is 6. The molecule has 0 amide bonds. The van der Waals surface area contributed by atoms with E-state index in [1.165, 1.54) is 19.0 Å². The number of primary sulfonamides is 1. The van der Waals surface area contributed by atoms with Gasteiger partial charge in [0.05, 0.1) is 30.4 Å². The van der Waals surface area contributed by atoms with Crippen molar-refractivity contribution in [2.45, 2.75) is 49.7 Å². The van der Waals surface area contributed by atoms with Gasteiger partial charge in [0.15, 0.2) is 11.5 Å². The Hall–Kier alpha value is -3.10. The van der Waals surface area contributed by atoms with Gasteiger partial charge in [-0.1, -0.05) is 11.3 Å². The van der Waals surface area contributed by atoms with Crippen molar-refractivity contribution in [3.8, 4) is 17.1 Å². The number of sulfonamides is 1. The second-order valence-corrected chi connectivity index (χ2v) is 12.6. The normalized spacial score (nSPS) is 21.3. The average Bonchev–Trinajstić information content (AvgIpc) is 3.28. The van der Waals surface area contributed by atoms with Gasteiger partial charge in [-0.15, -0.1) is 5.10 Å². The maximum atomic E-state index is 13.5. The van der Waals surface area contributed by atoms with Crippen LogP contribution in [-0.2, 0) is 10.0 Å². The number of aliphatic hydroxyl groups is 1. The smallest absolute Gasteiger partial charge is 0.297 e. The van der Waals surface area contributed by atoms with Gasteiger partial charge in [0.1, 0.15) is 5.25 Å². The monoisotopic (exact) mass is 563 g/mol. The fourth-order valence-electron chi connectivity index (χ4n) is 5.53. The number of benzene rings is 1. The Kier molecular flexibility index (Phi) is 6.38. The number of rotatable bonds is 7. The molecule has 0 bridgehead atoms. The molecule has 6 rings (SSSR count). The maximum Gasteiger partial charge on any atom is 0.297 e. The lowest BCUT2D eigenvalue weighted by molar-refractivity contribution is -0.0226.